The van der Waals surface area contributed by atoms with Gasteiger partial charge in [-0.05, 0) is 79.7 Å². The Kier molecular flexibility index (Phi) is 3.54. The van der Waals surface area contributed by atoms with Crippen molar-refractivity contribution in [3.63, 3.8) is 0 Å². The van der Waals surface area contributed by atoms with E-state index in [1.54, 1.807) is 0 Å². The zero-order chi connectivity index (χ0) is 22.3. The minimum absolute atomic E-state index is 0.305. The molecule has 8 rings (SSSR count). The second-order valence-corrected chi connectivity index (χ2v) is 10.2. The molecule has 1 unspecified atom stereocenters. The summed E-state index contributed by atoms with van der Waals surface area (Å²) in [5.41, 5.74) is 11.8. The van der Waals surface area contributed by atoms with Crippen LogP contribution in [0.5, 0.6) is 0 Å². The van der Waals surface area contributed by atoms with Gasteiger partial charge in [-0.1, -0.05) is 78.9 Å². The number of rotatable bonds is 1. The molecule has 2 aliphatic rings. The first-order valence-corrected chi connectivity index (χ1v) is 12.5. The van der Waals surface area contributed by atoms with E-state index in [1.807, 2.05) is 23.7 Å². The lowest BCUT2D eigenvalue weighted by Gasteiger charge is -2.30. The van der Waals surface area contributed by atoms with Crippen molar-refractivity contribution in [3.8, 4) is 32.7 Å². The highest BCUT2D eigenvalue weighted by Gasteiger charge is 2.53. The predicted octanol–water partition coefficient (Wildman–Crippen LogP) is 8.31. The van der Waals surface area contributed by atoms with E-state index in [4.69, 9.17) is 0 Å². The van der Waals surface area contributed by atoms with Gasteiger partial charge in [-0.25, -0.2) is 0 Å². The number of fused-ring (bicyclic) bond motifs is 12. The number of benzene rings is 4. The van der Waals surface area contributed by atoms with Crippen molar-refractivity contribution >= 4 is 21.4 Å². The number of nitrogens with zero attached hydrogens (tertiary/aromatic N) is 1. The van der Waals surface area contributed by atoms with Gasteiger partial charge >= 0.3 is 0 Å². The molecule has 0 bridgehead atoms. The molecule has 1 atom stereocenters. The van der Waals surface area contributed by atoms with Gasteiger partial charge in [0.15, 0.2) is 0 Å². The van der Waals surface area contributed by atoms with Crippen LogP contribution in [0.1, 0.15) is 22.3 Å². The molecule has 0 radical (unpaired) electrons. The highest BCUT2D eigenvalue weighted by molar-refractivity contribution is 7.22. The Balaban J connectivity index is 1.57. The molecule has 0 aliphatic heterocycles. The maximum absolute atomic E-state index is 4.23. The molecule has 2 aromatic heterocycles. The van der Waals surface area contributed by atoms with Crippen molar-refractivity contribution in [2.75, 3.05) is 0 Å². The highest BCUT2D eigenvalue weighted by atomic mass is 32.1. The third-order valence-corrected chi connectivity index (χ3v) is 8.81. The van der Waals surface area contributed by atoms with E-state index in [0.717, 1.165) is 0 Å². The Morgan fingerprint density at radius 3 is 2.09 bits per heavy atom. The minimum Gasteiger partial charge on any atom is -0.265 e. The molecule has 0 amide bonds. The van der Waals surface area contributed by atoms with E-state index in [0.29, 0.717) is 0 Å². The highest BCUT2D eigenvalue weighted by Crippen LogP contribution is 2.66. The SMILES string of the molecule is c1ccc2c(c1)-c1ccc(-c3ccncc3)cc1C21c2ccccc2-c2sc3ccccc3c21. The topological polar surface area (TPSA) is 12.9 Å². The maximum atomic E-state index is 4.23. The van der Waals surface area contributed by atoms with Crippen LogP contribution in [0.4, 0.5) is 0 Å². The summed E-state index contributed by atoms with van der Waals surface area (Å²) >= 11 is 1.93. The van der Waals surface area contributed by atoms with Crippen LogP contribution in [0, 0.1) is 0 Å². The lowest BCUT2D eigenvalue weighted by atomic mass is 9.70. The quantitative estimate of drug-likeness (QED) is 0.246. The van der Waals surface area contributed by atoms with Gasteiger partial charge in [0, 0.05) is 22.0 Å². The third kappa shape index (κ3) is 2.12. The zero-order valence-corrected chi connectivity index (χ0v) is 19.1. The zero-order valence-electron chi connectivity index (χ0n) is 18.3. The van der Waals surface area contributed by atoms with E-state index in [2.05, 4.69) is 108 Å². The molecular formula is C32H19NS. The molecule has 158 valence electrons. The number of hydrogen-bond acceptors (Lipinski definition) is 2. The van der Waals surface area contributed by atoms with Crippen LogP contribution in [0.3, 0.4) is 0 Å². The molecule has 1 spiro atoms. The second-order valence-electron chi connectivity index (χ2n) is 9.14. The lowest BCUT2D eigenvalue weighted by Crippen LogP contribution is -2.25. The van der Waals surface area contributed by atoms with Gasteiger partial charge in [-0.2, -0.15) is 0 Å². The molecule has 0 saturated carbocycles. The smallest absolute Gasteiger partial charge is 0.0740 e. The van der Waals surface area contributed by atoms with Crippen molar-refractivity contribution in [2.45, 2.75) is 5.41 Å². The summed E-state index contributed by atoms with van der Waals surface area (Å²) < 4.78 is 1.36. The first kappa shape index (κ1) is 18.4. The number of hydrogen-bond donors (Lipinski definition) is 0. The van der Waals surface area contributed by atoms with E-state index >= 15 is 0 Å². The Labute approximate surface area is 202 Å². The van der Waals surface area contributed by atoms with Crippen molar-refractivity contribution in [3.05, 3.63) is 138 Å². The van der Waals surface area contributed by atoms with Crippen LogP contribution in [0.15, 0.2) is 116 Å². The fourth-order valence-electron chi connectivity index (χ4n) is 6.31. The molecule has 2 aliphatic carbocycles. The molecule has 4 aromatic carbocycles. The average molecular weight is 450 g/mol. The van der Waals surface area contributed by atoms with E-state index in [9.17, 15) is 0 Å². The molecule has 1 nitrogen and oxygen atoms in total. The standard InChI is InChI=1S/C32H19NS/c1-4-10-26-22(7-1)23-14-13-21(20-15-17-33-18-16-20)19-28(23)32(26)27-11-5-2-8-24(27)31-30(32)25-9-3-6-12-29(25)34-31/h1-19H. The van der Waals surface area contributed by atoms with Crippen LogP contribution >= 0.6 is 11.3 Å². The fraction of sp³-hybridized carbons (Fsp3) is 0.0312. The van der Waals surface area contributed by atoms with Gasteiger partial charge in [-0.15, -0.1) is 11.3 Å². The molecule has 2 heterocycles. The van der Waals surface area contributed by atoms with Crippen molar-refractivity contribution < 1.29 is 0 Å². The van der Waals surface area contributed by atoms with Gasteiger partial charge in [0.2, 0.25) is 0 Å². The molecule has 2 heteroatoms. The largest absolute Gasteiger partial charge is 0.265 e. The van der Waals surface area contributed by atoms with Crippen LogP contribution in [0.25, 0.3) is 42.8 Å². The van der Waals surface area contributed by atoms with E-state index in [-0.39, 0.29) is 5.41 Å². The Bertz CT molecular complexity index is 1760. The number of thiophene rings is 1. The summed E-state index contributed by atoms with van der Waals surface area (Å²) in [6, 6.07) is 38.2. The predicted molar refractivity (Wildman–Crippen MR) is 141 cm³/mol. The van der Waals surface area contributed by atoms with Gasteiger partial charge in [0.05, 0.1) is 5.41 Å². The molecule has 0 N–H and O–H groups in total. The first-order valence-electron chi connectivity index (χ1n) is 11.6. The summed E-state index contributed by atoms with van der Waals surface area (Å²) in [6.45, 7) is 0. The molecule has 6 aromatic rings. The minimum atomic E-state index is -0.305. The van der Waals surface area contributed by atoms with Crippen LogP contribution in [0.2, 0.25) is 0 Å². The molecule has 0 fully saturated rings. The summed E-state index contributed by atoms with van der Waals surface area (Å²) in [4.78, 5) is 5.65. The van der Waals surface area contributed by atoms with Gasteiger partial charge in [-0.3, -0.25) is 4.98 Å². The second kappa shape index (κ2) is 6.53. The van der Waals surface area contributed by atoms with E-state index < -0.39 is 0 Å². The number of aromatic nitrogens is 1. The summed E-state index contributed by atoms with van der Waals surface area (Å²) in [6.07, 6.45) is 3.75. The van der Waals surface area contributed by atoms with Gasteiger partial charge in [0.25, 0.3) is 0 Å². The molecular weight excluding hydrogens is 430 g/mol. The Hall–Kier alpha value is -4.01. The third-order valence-electron chi connectivity index (χ3n) is 7.60. The monoisotopic (exact) mass is 449 g/mol. The van der Waals surface area contributed by atoms with Gasteiger partial charge < -0.3 is 0 Å². The molecule has 0 saturated heterocycles. The van der Waals surface area contributed by atoms with Gasteiger partial charge in [0.1, 0.15) is 0 Å². The van der Waals surface area contributed by atoms with Crippen LogP contribution in [-0.2, 0) is 5.41 Å². The maximum Gasteiger partial charge on any atom is 0.0740 e. The summed E-state index contributed by atoms with van der Waals surface area (Å²) in [7, 11) is 0. The molecule has 34 heavy (non-hydrogen) atoms. The Morgan fingerprint density at radius 2 is 1.24 bits per heavy atom. The normalized spacial score (nSPS) is 16.9. The van der Waals surface area contributed by atoms with Crippen molar-refractivity contribution in [1.82, 2.24) is 4.98 Å². The van der Waals surface area contributed by atoms with Crippen molar-refractivity contribution in [1.29, 1.82) is 0 Å². The van der Waals surface area contributed by atoms with Crippen LogP contribution < -0.4 is 0 Å². The van der Waals surface area contributed by atoms with Crippen LogP contribution in [-0.4, -0.2) is 4.98 Å². The summed E-state index contributed by atoms with van der Waals surface area (Å²) in [5, 5.41) is 1.37. The Morgan fingerprint density at radius 1 is 0.559 bits per heavy atom. The van der Waals surface area contributed by atoms with Crippen molar-refractivity contribution in [2.24, 2.45) is 0 Å². The van der Waals surface area contributed by atoms with E-state index in [1.165, 1.54) is 65.0 Å². The first-order chi connectivity index (χ1) is 16.9. The number of pyridine rings is 1. The lowest BCUT2D eigenvalue weighted by molar-refractivity contribution is 0.803. The average Bonchev–Trinajstić information content (AvgIpc) is 3.52. The fourth-order valence-corrected chi connectivity index (χ4v) is 7.61. The summed E-state index contributed by atoms with van der Waals surface area (Å²) in [5.74, 6) is 0.